The van der Waals surface area contributed by atoms with Crippen LogP contribution in [0.3, 0.4) is 0 Å². The first kappa shape index (κ1) is 12.0. The van der Waals surface area contributed by atoms with Gasteiger partial charge in [0.25, 0.3) is 0 Å². The van der Waals surface area contributed by atoms with Crippen LogP contribution in [-0.2, 0) is 11.2 Å². The zero-order valence-electron chi connectivity index (χ0n) is 9.83. The molecular weight excluding hydrogens is 194 g/mol. The summed E-state index contributed by atoms with van der Waals surface area (Å²) in [6.07, 6.45) is 1.69. The highest BCUT2D eigenvalue weighted by Gasteiger charge is 2.14. The van der Waals surface area contributed by atoms with E-state index >= 15 is 0 Å². The maximum absolute atomic E-state index is 5.06. The summed E-state index contributed by atoms with van der Waals surface area (Å²) in [6, 6.07) is 0.481. The summed E-state index contributed by atoms with van der Waals surface area (Å²) in [5.74, 6) is 0.721. The van der Waals surface area contributed by atoms with Gasteiger partial charge in [-0.05, 0) is 27.2 Å². The highest BCUT2D eigenvalue weighted by atomic mass is 16.5. The zero-order valence-corrected chi connectivity index (χ0v) is 9.83. The van der Waals surface area contributed by atoms with E-state index < -0.39 is 0 Å². The number of hydrogen-bond donors (Lipinski definition) is 1. The lowest BCUT2D eigenvalue weighted by atomic mass is 10.1. The Morgan fingerprint density at radius 3 is 2.73 bits per heavy atom. The van der Waals surface area contributed by atoms with Gasteiger partial charge in [0.1, 0.15) is 0 Å². The average molecular weight is 213 g/mol. The number of aryl methyl sites for hydroxylation is 1. The van der Waals surface area contributed by atoms with Crippen LogP contribution >= 0.6 is 0 Å². The van der Waals surface area contributed by atoms with Crippen molar-refractivity contribution < 1.29 is 9.26 Å². The molecule has 0 bridgehead atoms. The van der Waals surface area contributed by atoms with E-state index in [1.807, 2.05) is 20.8 Å². The molecule has 1 heterocycles. The maximum atomic E-state index is 5.06. The molecule has 5 heteroatoms. The van der Waals surface area contributed by atoms with E-state index in [9.17, 15) is 0 Å². The SMILES string of the molecule is COCCCc1noc(NC(C)(C)C)n1. The first-order chi connectivity index (χ1) is 7.01. The second-order valence-corrected chi connectivity index (χ2v) is 4.49. The van der Waals surface area contributed by atoms with Gasteiger partial charge in [0, 0.05) is 25.7 Å². The largest absolute Gasteiger partial charge is 0.385 e. The van der Waals surface area contributed by atoms with E-state index in [-0.39, 0.29) is 5.54 Å². The Balaban J connectivity index is 2.42. The summed E-state index contributed by atoms with van der Waals surface area (Å²) in [6.45, 7) is 6.85. The second-order valence-electron chi connectivity index (χ2n) is 4.49. The van der Waals surface area contributed by atoms with Gasteiger partial charge in [-0.2, -0.15) is 4.98 Å². The van der Waals surface area contributed by atoms with Gasteiger partial charge in [-0.3, -0.25) is 0 Å². The topological polar surface area (TPSA) is 60.2 Å². The van der Waals surface area contributed by atoms with Gasteiger partial charge in [-0.15, -0.1) is 0 Å². The Morgan fingerprint density at radius 2 is 2.13 bits per heavy atom. The molecule has 1 N–H and O–H groups in total. The first-order valence-corrected chi connectivity index (χ1v) is 5.11. The number of aromatic nitrogens is 2. The molecule has 0 spiro atoms. The van der Waals surface area contributed by atoms with Crippen LogP contribution in [0.5, 0.6) is 0 Å². The lowest BCUT2D eigenvalue weighted by Crippen LogP contribution is -2.26. The van der Waals surface area contributed by atoms with Crippen molar-refractivity contribution in [2.45, 2.75) is 39.2 Å². The van der Waals surface area contributed by atoms with Gasteiger partial charge < -0.3 is 14.6 Å². The highest BCUT2D eigenvalue weighted by Crippen LogP contribution is 2.12. The van der Waals surface area contributed by atoms with Gasteiger partial charge in [0.15, 0.2) is 5.82 Å². The lowest BCUT2D eigenvalue weighted by Gasteiger charge is -2.17. The molecule has 0 amide bonds. The molecule has 15 heavy (non-hydrogen) atoms. The van der Waals surface area contributed by atoms with Crippen molar-refractivity contribution in [1.82, 2.24) is 10.1 Å². The first-order valence-electron chi connectivity index (χ1n) is 5.11. The average Bonchev–Trinajstić information content (AvgIpc) is 2.50. The molecule has 0 saturated heterocycles. The number of rotatable bonds is 5. The third kappa shape index (κ3) is 4.78. The van der Waals surface area contributed by atoms with Crippen molar-refractivity contribution in [1.29, 1.82) is 0 Å². The molecular formula is C10H19N3O2. The predicted octanol–water partition coefficient (Wildman–Crippen LogP) is 1.86. The van der Waals surface area contributed by atoms with E-state index in [1.54, 1.807) is 7.11 Å². The summed E-state index contributed by atoms with van der Waals surface area (Å²) < 4.78 is 10.0. The molecule has 0 aliphatic heterocycles. The van der Waals surface area contributed by atoms with Crippen molar-refractivity contribution in [2.24, 2.45) is 0 Å². The van der Waals surface area contributed by atoms with Crippen molar-refractivity contribution in [2.75, 3.05) is 19.0 Å². The number of ether oxygens (including phenoxy) is 1. The number of nitrogens with one attached hydrogen (secondary N) is 1. The van der Waals surface area contributed by atoms with Gasteiger partial charge in [-0.25, -0.2) is 0 Å². The Morgan fingerprint density at radius 1 is 1.40 bits per heavy atom. The van der Waals surface area contributed by atoms with Crippen LogP contribution in [0.1, 0.15) is 33.0 Å². The summed E-state index contributed by atoms with van der Waals surface area (Å²) >= 11 is 0. The summed E-state index contributed by atoms with van der Waals surface area (Å²) in [5.41, 5.74) is -0.0592. The molecule has 0 aliphatic carbocycles. The van der Waals surface area contributed by atoms with E-state index in [4.69, 9.17) is 9.26 Å². The molecule has 1 aromatic rings. The molecule has 0 atom stereocenters. The maximum Gasteiger partial charge on any atom is 0.321 e. The molecule has 0 unspecified atom stereocenters. The molecule has 86 valence electrons. The Bertz CT molecular complexity index is 291. The minimum atomic E-state index is -0.0592. The molecule has 0 saturated carbocycles. The Hall–Kier alpha value is -1.10. The van der Waals surface area contributed by atoms with Gasteiger partial charge >= 0.3 is 6.01 Å². The Kier molecular flexibility index (Phi) is 4.08. The van der Waals surface area contributed by atoms with Crippen molar-refractivity contribution in [3.63, 3.8) is 0 Å². The summed E-state index contributed by atoms with van der Waals surface area (Å²) in [5, 5.41) is 6.99. The second kappa shape index (κ2) is 5.11. The third-order valence-corrected chi connectivity index (χ3v) is 1.70. The van der Waals surface area contributed by atoms with E-state index in [0.717, 1.165) is 25.3 Å². The van der Waals surface area contributed by atoms with Gasteiger partial charge in [0.05, 0.1) is 0 Å². The van der Waals surface area contributed by atoms with Crippen molar-refractivity contribution >= 4 is 6.01 Å². The van der Waals surface area contributed by atoms with Crippen molar-refractivity contribution in [3.05, 3.63) is 5.82 Å². The highest BCUT2D eigenvalue weighted by molar-refractivity contribution is 5.22. The third-order valence-electron chi connectivity index (χ3n) is 1.70. The van der Waals surface area contributed by atoms with Crippen LogP contribution in [-0.4, -0.2) is 29.4 Å². The summed E-state index contributed by atoms with van der Waals surface area (Å²) in [7, 11) is 1.68. The van der Waals surface area contributed by atoms with Crippen LogP contribution in [0.4, 0.5) is 6.01 Å². The molecule has 0 radical (unpaired) electrons. The monoisotopic (exact) mass is 213 g/mol. The fourth-order valence-electron chi connectivity index (χ4n) is 1.10. The normalized spacial score (nSPS) is 11.7. The zero-order chi connectivity index (χ0) is 11.3. The smallest absolute Gasteiger partial charge is 0.321 e. The predicted molar refractivity (Wildman–Crippen MR) is 57.9 cm³/mol. The molecule has 0 aromatic carbocycles. The fourth-order valence-corrected chi connectivity index (χ4v) is 1.10. The summed E-state index contributed by atoms with van der Waals surface area (Å²) in [4.78, 5) is 4.22. The number of methoxy groups -OCH3 is 1. The quantitative estimate of drug-likeness (QED) is 0.756. The van der Waals surface area contributed by atoms with E-state index in [0.29, 0.717) is 6.01 Å². The number of anilines is 1. The van der Waals surface area contributed by atoms with Crippen LogP contribution in [0.25, 0.3) is 0 Å². The van der Waals surface area contributed by atoms with Crippen LogP contribution < -0.4 is 5.32 Å². The standard InChI is InChI=1S/C10H19N3O2/c1-10(2,3)12-9-11-8(13-15-9)6-5-7-14-4/h5-7H2,1-4H3,(H,11,12,13). The molecule has 1 aromatic heterocycles. The minimum absolute atomic E-state index is 0.0592. The van der Waals surface area contributed by atoms with Gasteiger partial charge in [0.2, 0.25) is 0 Å². The van der Waals surface area contributed by atoms with Crippen LogP contribution in [0.2, 0.25) is 0 Å². The van der Waals surface area contributed by atoms with Crippen LogP contribution in [0.15, 0.2) is 4.52 Å². The van der Waals surface area contributed by atoms with E-state index in [1.165, 1.54) is 0 Å². The minimum Gasteiger partial charge on any atom is -0.385 e. The van der Waals surface area contributed by atoms with Crippen molar-refractivity contribution in [3.8, 4) is 0 Å². The fraction of sp³-hybridized carbons (Fsp3) is 0.800. The molecule has 5 nitrogen and oxygen atoms in total. The number of nitrogens with zero attached hydrogens (tertiary/aromatic N) is 2. The number of hydrogen-bond acceptors (Lipinski definition) is 5. The van der Waals surface area contributed by atoms with Gasteiger partial charge in [-0.1, -0.05) is 5.16 Å². The molecule has 1 rings (SSSR count). The molecule has 0 fully saturated rings. The van der Waals surface area contributed by atoms with E-state index in [2.05, 4.69) is 15.5 Å². The van der Waals surface area contributed by atoms with Crippen LogP contribution in [0, 0.1) is 0 Å². The Labute approximate surface area is 90.2 Å². The lowest BCUT2D eigenvalue weighted by molar-refractivity contribution is 0.194. The molecule has 0 aliphatic rings.